The number of nitrogens with zero attached hydrogens (tertiary/aromatic N) is 3. The zero-order valence-electron chi connectivity index (χ0n) is 13.2. The molecule has 0 amide bonds. The fourth-order valence-electron chi connectivity index (χ4n) is 3.24. The third-order valence-corrected chi connectivity index (χ3v) is 5.47. The summed E-state index contributed by atoms with van der Waals surface area (Å²) in [5.74, 6) is 1.84. The minimum atomic E-state index is 0.349. The first-order valence-corrected chi connectivity index (χ1v) is 8.88. The van der Waals surface area contributed by atoms with Crippen LogP contribution in [0.1, 0.15) is 35.4 Å². The highest BCUT2D eigenvalue weighted by Gasteiger charge is 2.29. The molecule has 1 unspecified atom stereocenters. The smallest absolute Gasteiger partial charge is 0.167 e. The Hall–Kier alpha value is -1.98. The van der Waals surface area contributed by atoms with E-state index < -0.39 is 0 Å². The summed E-state index contributed by atoms with van der Waals surface area (Å²) in [6, 6.07) is 15.4. The summed E-state index contributed by atoms with van der Waals surface area (Å²) in [6.07, 6.45) is 2.36. The fraction of sp³-hybridized carbons (Fsp3) is 0.333. The van der Waals surface area contributed by atoms with E-state index in [0.29, 0.717) is 6.04 Å². The number of aromatic nitrogens is 3. The number of nitrogens with one attached hydrogen (secondary N) is 1. The van der Waals surface area contributed by atoms with Gasteiger partial charge in [0.05, 0.1) is 6.04 Å². The lowest BCUT2D eigenvalue weighted by Gasteiger charge is -2.21. The molecular weight excluding hydrogens is 304 g/mol. The lowest BCUT2D eigenvalue weighted by Crippen LogP contribution is -2.23. The van der Waals surface area contributed by atoms with Crippen LogP contribution in [0.2, 0.25) is 0 Å². The van der Waals surface area contributed by atoms with Crippen LogP contribution in [0.4, 0.5) is 0 Å². The van der Waals surface area contributed by atoms with Crippen molar-refractivity contribution in [2.45, 2.75) is 32.4 Å². The van der Waals surface area contributed by atoms with Crippen molar-refractivity contribution in [1.82, 2.24) is 20.1 Å². The van der Waals surface area contributed by atoms with Crippen LogP contribution in [0, 0.1) is 6.92 Å². The standard InChI is InChI=1S/C18H20N4S/c1-13-19-18(21-20-13)16-8-5-11-22(16)12-15-9-10-17(23-15)14-6-3-2-4-7-14/h2-4,6-7,9-10,16H,5,8,11-12H2,1H3,(H,19,20,21). The highest BCUT2D eigenvalue weighted by atomic mass is 32.1. The van der Waals surface area contributed by atoms with Gasteiger partial charge in [0.1, 0.15) is 5.82 Å². The summed E-state index contributed by atoms with van der Waals surface area (Å²) >= 11 is 1.88. The van der Waals surface area contributed by atoms with E-state index in [1.165, 1.54) is 21.7 Å². The molecule has 4 nitrogen and oxygen atoms in total. The topological polar surface area (TPSA) is 44.8 Å². The van der Waals surface area contributed by atoms with Crippen LogP contribution in [-0.4, -0.2) is 26.6 Å². The molecule has 1 saturated heterocycles. The van der Waals surface area contributed by atoms with E-state index >= 15 is 0 Å². The van der Waals surface area contributed by atoms with Gasteiger partial charge in [-0.15, -0.1) is 11.3 Å². The van der Waals surface area contributed by atoms with Gasteiger partial charge in [-0.1, -0.05) is 30.3 Å². The Morgan fingerprint density at radius 1 is 1.22 bits per heavy atom. The third-order valence-electron chi connectivity index (χ3n) is 4.36. The zero-order chi connectivity index (χ0) is 15.6. The fourth-order valence-corrected chi connectivity index (χ4v) is 4.28. The maximum atomic E-state index is 4.53. The maximum Gasteiger partial charge on any atom is 0.167 e. The molecule has 1 N–H and O–H groups in total. The Morgan fingerprint density at radius 2 is 2.09 bits per heavy atom. The Morgan fingerprint density at radius 3 is 2.87 bits per heavy atom. The summed E-state index contributed by atoms with van der Waals surface area (Å²) in [5.41, 5.74) is 1.30. The molecule has 0 radical (unpaired) electrons. The van der Waals surface area contributed by atoms with Gasteiger partial charge in [-0.05, 0) is 44.0 Å². The minimum absolute atomic E-state index is 0.349. The van der Waals surface area contributed by atoms with Crippen molar-refractivity contribution in [3.63, 3.8) is 0 Å². The minimum Gasteiger partial charge on any atom is -0.288 e. The largest absolute Gasteiger partial charge is 0.288 e. The second kappa shape index (κ2) is 6.26. The second-order valence-corrected chi connectivity index (χ2v) is 7.21. The van der Waals surface area contributed by atoms with Crippen LogP contribution < -0.4 is 0 Å². The number of hydrogen-bond donors (Lipinski definition) is 1. The molecular formula is C18H20N4S. The number of benzene rings is 1. The van der Waals surface area contributed by atoms with Gasteiger partial charge in [-0.2, -0.15) is 5.10 Å². The van der Waals surface area contributed by atoms with E-state index in [9.17, 15) is 0 Å². The molecule has 118 valence electrons. The van der Waals surface area contributed by atoms with E-state index in [1.54, 1.807) is 0 Å². The molecule has 0 bridgehead atoms. The summed E-state index contributed by atoms with van der Waals surface area (Å²) in [6.45, 7) is 4.06. The molecule has 23 heavy (non-hydrogen) atoms. The quantitative estimate of drug-likeness (QED) is 0.783. The summed E-state index contributed by atoms with van der Waals surface area (Å²) in [4.78, 5) is 9.78. The first kappa shape index (κ1) is 14.6. The summed E-state index contributed by atoms with van der Waals surface area (Å²) in [5, 5.41) is 7.34. The SMILES string of the molecule is Cc1nc(C2CCCN2Cc2ccc(-c3ccccc3)s2)n[nH]1. The number of rotatable bonds is 4. The van der Waals surface area contributed by atoms with Crippen molar-refractivity contribution >= 4 is 11.3 Å². The van der Waals surface area contributed by atoms with Crippen molar-refractivity contribution in [2.75, 3.05) is 6.54 Å². The highest BCUT2D eigenvalue weighted by molar-refractivity contribution is 7.15. The molecule has 5 heteroatoms. The predicted molar refractivity (Wildman–Crippen MR) is 93.3 cm³/mol. The number of aromatic amines is 1. The molecule has 1 aliphatic heterocycles. The summed E-state index contributed by atoms with van der Waals surface area (Å²) < 4.78 is 0. The van der Waals surface area contributed by atoms with Crippen molar-refractivity contribution in [1.29, 1.82) is 0 Å². The van der Waals surface area contributed by atoms with Crippen LogP contribution >= 0.6 is 11.3 Å². The molecule has 0 spiro atoms. The average molecular weight is 324 g/mol. The molecule has 2 aromatic heterocycles. The van der Waals surface area contributed by atoms with E-state index in [2.05, 4.69) is 62.5 Å². The van der Waals surface area contributed by atoms with Gasteiger partial charge >= 0.3 is 0 Å². The number of thiophene rings is 1. The Labute approximate surface area is 140 Å². The van der Waals surface area contributed by atoms with Gasteiger partial charge in [0.2, 0.25) is 0 Å². The number of likely N-dealkylation sites (tertiary alicyclic amines) is 1. The normalized spacial score (nSPS) is 18.6. The number of hydrogen-bond acceptors (Lipinski definition) is 4. The highest BCUT2D eigenvalue weighted by Crippen LogP contribution is 2.34. The van der Waals surface area contributed by atoms with E-state index in [1.807, 2.05) is 18.3 Å². The van der Waals surface area contributed by atoms with E-state index in [-0.39, 0.29) is 0 Å². The van der Waals surface area contributed by atoms with Crippen molar-refractivity contribution < 1.29 is 0 Å². The van der Waals surface area contributed by atoms with Gasteiger partial charge in [-0.25, -0.2) is 4.98 Å². The van der Waals surface area contributed by atoms with Gasteiger partial charge in [0, 0.05) is 16.3 Å². The summed E-state index contributed by atoms with van der Waals surface area (Å²) in [7, 11) is 0. The van der Waals surface area contributed by atoms with Gasteiger partial charge < -0.3 is 0 Å². The number of H-pyrrole nitrogens is 1. The Bertz CT molecular complexity index is 777. The zero-order valence-corrected chi connectivity index (χ0v) is 14.0. The number of aryl methyl sites for hydroxylation is 1. The van der Waals surface area contributed by atoms with Crippen LogP contribution in [-0.2, 0) is 6.54 Å². The van der Waals surface area contributed by atoms with Crippen LogP contribution in [0.5, 0.6) is 0 Å². The molecule has 0 saturated carbocycles. The van der Waals surface area contributed by atoms with E-state index in [4.69, 9.17) is 0 Å². The molecule has 1 aliphatic rings. The van der Waals surface area contributed by atoms with Crippen molar-refractivity contribution in [3.8, 4) is 10.4 Å². The Balaban J connectivity index is 1.50. The van der Waals surface area contributed by atoms with Crippen molar-refractivity contribution in [3.05, 3.63) is 59.0 Å². The van der Waals surface area contributed by atoms with Gasteiger partial charge in [0.25, 0.3) is 0 Å². The second-order valence-electron chi connectivity index (χ2n) is 6.04. The first-order valence-electron chi connectivity index (χ1n) is 8.07. The third kappa shape index (κ3) is 3.07. The van der Waals surface area contributed by atoms with Crippen LogP contribution in [0.15, 0.2) is 42.5 Å². The monoisotopic (exact) mass is 324 g/mol. The first-order chi connectivity index (χ1) is 11.3. The molecule has 3 heterocycles. The van der Waals surface area contributed by atoms with Crippen LogP contribution in [0.3, 0.4) is 0 Å². The lowest BCUT2D eigenvalue weighted by molar-refractivity contribution is 0.242. The van der Waals surface area contributed by atoms with E-state index in [0.717, 1.165) is 31.2 Å². The predicted octanol–water partition coefficient (Wildman–Crippen LogP) is 4.18. The molecule has 1 fully saturated rings. The molecule has 3 aromatic rings. The molecule has 1 atom stereocenters. The van der Waals surface area contributed by atoms with Crippen LogP contribution in [0.25, 0.3) is 10.4 Å². The lowest BCUT2D eigenvalue weighted by atomic mass is 10.2. The van der Waals surface area contributed by atoms with Crippen molar-refractivity contribution in [2.24, 2.45) is 0 Å². The van der Waals surface area contributed by atoms with Gasteiger partial charge in [0.15, 0.2) is 5.82 Å². The maximum absolute atomic E-state index is 4.53. The molecule has 1 aromatic carbocycles. The molecule has 4 rings (SSSR count). The van der Waals surface area contributed by atoms with Gasteiger partial charge in [-0.3, -0.25) is 10.00 Å². The average Bonchev–Trinajstić information content (AvgIpc) is 3.29. The Kier molecular flexibility index (Phi) is 3.97. The molecule has 0 aliphatic carbocycles.